The van der Waals surface area contributed by atoms with E-state index in [-0.39, 0.29) is 10.8 Å². The summed E-state index contributed by atoms with van der Waals surface area (Å²) in [5, 5.41) is 0. The molecule has 0 unspecified atom stereocenters. The highest BCUT2D eigenvalue weighted by Gasteiger charge is 2.55. The molecule has 0 radical (unpaired) electrons. The van der Waals surface area contributed by atoms with Gasteiger partial charge < -0.3 is 4.90 Å². The third-order valence-electron chi connectivity index (χ3n) is 24.3. The number of nitrogens with zero attached hydrogens (tertiary/aromatic N) is 4. The van der Waals surface area contributed by atoms with E-state index in [1.165, 1.54) is 145 Å². The van der Waals surface area contributed by atoms with Gasteiger partial charge in [-0.3, -0.25) is 0 Å². The summed E-state index contributed by atoms with van der Waals surface area (Å²) in [6, 6.07) is 154. The van der Waals surface area contributed by atoms with E-state index < -0.39 is 5.41 Å². The van der Waals surface area contributed by atoms with Gasteiger partial charge in [-0.25, -0.2) is 15.0 Å². The molecule has 6 aliphatic carbocycles. The van der Waals surface area contributed by atoms with Gasteiger partial charge in [-0.15, -0.1) is 0 Å². The average molecular weight is 1420 g/mol. The van der Waals surface area contributed by atoms with Gasteiger partial charge in [0, 0.05) is 33.8 Å². The molecule has 18 aromatic rings. The first-order valence-corrected chi connectivity index (χ1v) is 38.7. The second-order valence-electron chi connectivity index (χ2n) is 29.8. The Bertz CT molecular complexity index is 6480. The van der Waals surface area contributed by atoms with Gasteiger partial charge >= 0.3 is 0 Å². The van der Waals surface area contributed by atoms with E-state index in [1.54, 1.807) is 0 Å². The highest BCUT2D eigenvalue weighted by Crippen LogP contribution is 2.67. The fourth-order valence-corrected chi connectivity index (χ4v) is 19.9. The minimum absolute atomic E-state index is 0.260. The number of hydrogen-bond donors (Lipinski definition) is 0. The van der Waals surface area contributed by atoms with Gasteiger partial charge in [0.15, 0.2) is 17.5 Å². The highest BCUT2D eigenvalue weighted by molar-refractivity contribution is 6.00. The zero-order chi connectivity index (χ0) is 73.9. The van der Waals surface area contributed by atoms with E-state index in [4.69, 9.17) is 15.0 Å². The molecule has 0 N–H and O–H groups in total. The number of anilines is 3. The predicted octanol–water partition coefficient (Wildman–Crippen LogP) is 26.4. The number of para-hydroxylation sites is 2. The number of benzene rings is 17. The molecule has 522 valence electrons. The lowest BCUT2D eigenvalue weighted by atomic mass is 9.70. The summed E-state index contributed by atoms with van der Waals surface area (Å²) in [5.41, 5.74) is 40.0. The largest absolute Gasteiger partial charge is 0.310 e. The summed E-state index contributed by atoms with van der Waals surface area (Å²) in [6.07, 6.45) is 0. The van der Waals surface area contributed by atoms with Crippen LogP contribution in [0.4, 0.5) is 17.1 Å². The van der Waals surface area contributed by atoms with E-state index >= 15 is 0 Å². The molecule has 4 heteroatoms. The Morgan fingerprint density at radius 2 is 0.357 bits per heavy atom. The van der Waals surface area contributed by atoms with Crippen molar-refractivity contribution in [2.24, 2.45) is 0 Å². The van der Waals surface area contributed by atoms with Crippen molar-refractivity contribution in [3.63, 3.8) is 0 Å². The van der Waals surface area contributed by atoms with Crippen LogP contribution in [0.3, 0.4) is 0 Å². The van der Waals surface area contributed by atoms with Crippen LogP contribution in [0.2, 0.25) is 0 Å². The number of fused-ring (bicyclic) bond motifs is 30. The third-order valence-corrected chi connectivity index (χ3v) is 24.3. The van der Waals surface area contributed by atoms with E-state index in [9.17, 15) is 0 Å². The fourth-order valence-electron chi connectivity index (χ4n) is 19.9. The summed E-state index contributed by atoms with van der Waals surface area (Å²) in [5.74, 6) is 2.00. The van der Waals surface area contributed by atoms with Gasteiger partial charge in [0.1, 0.15) is 0 Å². The van der Waals surface area contributed by atoms with Crippen molar-refractivity contribution in [2.75, 3.05) is 4.90 Å². The number of aromatic nitrogens is 3. The van der Waals surface area contributed by atoms with Gasteiger partial charge in [0.2, 0.25) is 0 Å². The molecule has 0 bridgehead atoms. The average Bonchev–Trinajstić information content (AvgIpc) is 1.53. The van der Waals surface area contributed by atoms with Crippen LogP contribution in [0.15, 0.2) is 425 Å². The summed E-state index contributed by atoms with van der Waals surface area (Å²) in [4.78, 5) is 17.4. The van der Waals surface area contributed by atoms with Crippen LogP contribution in [-0.2, 0) is 16.2 Å². The minimum Gasteiger partial charge on any atom is -0.310 e. The Hall–Kier alpha value is -14.5. The Morgan fingerprint density at radius 1 is 0.143 bits per heavy atom. The van der Waals surface area contributed by atoms with Crippen LogP contribution in [0.25, 0.3) is 112 Å². The van der Waals surface area contributed by atoms with Crippen LogP contribution >= 0.6 is 0 Å². The van der Waals surface area contributed by atoms with Crippen LogP contribution in [0.5, 0.6) is 0 Å². The lowest BCUT2D eigenvalue weighted by Crippen LogP contribution is -2.26. The molecule has 3 spiro atoms. The normalized spacial score (nSPS) is 13.6. The van der Waals surface area contributed by atoms with Crippen molar-refractivity contribution in [1.82, 2.24) is 15.0 Å². The molecular formula is C108H70N4. The molecule has 17 aromatic carbocycles. The molecule has 0 atom stereocenters. The van der Waals surface area contributed by atoms with E-state index in [0.717, 1.165) is 33.8 Å². The second-order valence-corrected chi connectivity index (χ2v) is 29.8. The zero-order valence-corrected chi connectivity index (χ0v) is 61.2. The van der Waals surface area contributed by atoms with Crippen LogP contribution in [-0.4, -0.2) is 15.0 Å². The molecule has 112 heavy (non-hydrogen) atoms. The molecule has 1 aromatic heterocycles. The SMILES string of the molecule is c1ccc(-c2ccc3c(c2)C2(c4ccccc4-c4ccccc42)c2ccccc2-3)cc1.c1ccc(-c2nc(-c3ccccc3)nc(-c3ccc4c(c3)C3(c5ccccc5-c5ccccc53)c3ccccc3-4)n2)cc1.c1ccc(N(c2ccccc2)c2ccc3c(c2)C2(c4ccccc4-c4ccccc42)c2ccccc2-3)cc1. The molecule has 1 heterocycles. The molecule has 0 saturated heterocycles. The first-order valence-electron chi connectivity index (χ1n) is 38.7. The van der Waals surface area contributed by atoms with Crippen LogP contribution in [0.1, 0.15) is 66.8 Å². The fraction of sp³-hybridized carbons (Fsp3) is 0.0278. The van der Waals surface area contributed by atoms with Gasteiger partial charge in [-0.1, -0.05) is 376 Å². The first kappa shape index (κ1) is 64.7. The van der Waals surface area contributed by atoms with E-state index in [1.807, 2.05) is 36.4 Å². The zero-order valence-electron chi connectivity index (χ0n) is 61.2. The highest BCUT2D eigenvalue weighted by atomic mass is 15.1. The number of hydrogen-bond acceptors (Lipinski definition) is 4. The topological polar surface area (TPSA) is 41.9 Å². The maximum Gasteiger partial charge on any atom is 0.164 e. The molecular weight excluding hydrogens is 1350 g/mol. The summed E-state index contributed by atoms with van der Waals surface area (Å²) < 4.78 is 0. The summed E-state index contributed by atoms with van der Waals surface area (Å²) in [6.45, 7) is 0. The smallest absolute Gasteiger partial charge is 0.164 e. The van der Waals surface area contributed by atoms with Crippen molar-refractivity contribution >= 4 is 17.1 Å². The first-order chi connectivity index (χ1) is 55.6. The molecule has 6 aliphatic rings. The predicted molar refractivity (Wildman–Crippen MR) is 458 cm³/mol. The molecule has 0 aliphatic heterocycles. The van der Waals surface area contributed by atoms with Crippen molar-refractivity contribution < 1.29 is 0 Å². The van der Waals surface area contributed by atoms with Gasteiger partial charge in [-0.05, 0) is 193 Å². The molecule has 0 amide bonds. The lowest BCUT2D eigenvalue weighted by Gasteiger charge is -2.32. The molecule has 0 saturated carbocycles. The molecule has 0 fully saturated rings. The molecule has 4 nitrogen and oxygen atoms in total. The monoisotopic (exact) mass is 1420 g/mol. The van der Waals surface area contributed by atoms with Gasteiger partial charge in [0.05, 0.1) is 16.2 Å². The Balaban J connectivity index is 0.000000104. The van der Waals surface area contributed by atoms with E-state index in [0.29, 0.717) is 17.5 Å². The summed E-state index contributed by atoms with van der Waals surface area (Å²) in [7, 11) is 0. The molecule has 24 rings (SSSR count). The minimum atomic E-state index is -0.410. The third kappa shape index (κ3) is 9.52. The van der Waals surface area contributed by atoms with Crippen molar-refractivity contribution in [1.29, 1.82) is 0 Å². The maximum absolute atomic E-state index is 5.06. The Morgan fingerprint density at radius 3 is 0.661 bits per heavy atom. The quantitative estimate of drug-likeness (QED) is 0.159. The summed E-state index contributed by atoms with van der Waals surface area (Å²) >= 11 is 0. The standard InChI is InChI=1S/C40H25N3.C37H25N.C31H20/c1-3-13-26(14-4-1)37-41-38(27-15-5-2-6-16-27)43-39(42-37)28-23-24-32-31-19-9-12-22-35(31)40(36(32)25-28)33-20-10-7-17-29(33)30-18-8-11-21-34(30)40;1-3-13-26(14-4-1)38(27-15-5-2-6-16-27)28-23-24-32-31-19-9-12-22-35(31)37(36(32)25-28)33-20-10-7-17-29(33)30-18-8-11-21-34(30)37;1-2-10-21(11-3-1)22-18-19-26-25-14-6-9-17-29(25)31(30(26)20-22)27-15-7-4-12-23(27)24-13-5-8-16-28(24)31/h1-25H;1-25H;1-20H. The Kier molecular flexibility index (Phi) is 15.0. The Labute approximate surface area is 652 Å². The van der Waals surface area contributed by atoms with Crippen LogP contribution in [0, 0.1) is 0 Å². The van der Waals surface area contributed by atoms with Gasteiger partial charge in [-0.2, -0.15) is 0 Å². The van der Waals surface area contributed by atoms with Crippen molar-refractivity contribution in [3.05, 3.63) is 491 Å². The van der Waals surface area contributed by atoms with Crippen molar-refractivity contribution in [3.8, 4) is 112 Å². The number of rotatable bonds is 7. The lowest BCUT2D eigenvalue weighted by molar-refractivity contribution is 0.793. The van der Waals surface area contributed by atoms with E-state index in [2.05, 4.69) is 393 Å². The van der Waals surface area contributed by atoms with Crippen molar-refractivity contribution in [2.45, 2.75) is 16.2 Å². The second kappa shape index (κ2) is 25.9. The van der Waals surface area contributed by atoms with Crippen LogP contribution < -0.4 is 4.90 Å². The maximum atomic E-state index is 5.06. The van der Waals surface area contributed by atoms with Gasteiger partial charge in [0.25, 0.3) is 0 Å².